The van der Waals surface area contributed by atoms with E-state index in [9.17, 15) is 0 Å². The van der Waals surface area contributed by atoms with Crippen LogP contribution in [0.5, 0.6) is 0 Å². The summed E-state index contributed by atoms with van der Waals surface area (Å²) in [6, 6.07) is 0. The van der Waals surface area contributed by atoms with Crippen LogP contribution in [0.3, 0.4) is 0 Å². The van der Waals surface area contributed by atoms with Crippen molar-refractivity contribution in [3.05, 3.63) is 11.6 Å². The SMILES string of the molecule is CN=C(NCc1nnc2n1CCCC2)NC(C)(C)C.I. The van der Waals surface area contributed by atoms with Gasteiger partial charge in [0.15, 0.2) is 11.8 Å². The van der Waals surface area contributed by atoms with Crippen LogP contribution in [0.25, 0.3) is 0 Å². The molecule has 0 saturated carbocycles. The molecule has 6 nitrogen and oxygen atoms in total. The number of fused-ring (bicyclic) bond motifs is 1. The molecule has 0 unspecified atom stereocenters. The van der Waals surface area contributed by atoms with E-state index in [0.717, 1.165) is 30.6 Å². The van der Waals surface area contributed by atoms with Crippen LogP contribution in [0.4, 0.5) is 0 Å². The van der Waals surface area contributed by atoms with Gasteiger partial charge in [0.2, 0.25) is 0 Å². The third-order valence-electron chi connectivity index (χ3n) is 3.07. The molecule has 2 rings (SSSR count). The second-order valence-electron chi connectivity index (χ2n) is 5.94. The van der Waals surface area contributed by atoms with Crippen LogP contribution in [0.2, 0.25) is 0 Å². The molecule has 2 N–H and O–H groups in total. The topological polar surface area (TPSA) is 67.1 Å². The smallest absolute Gasteiger partial charge is 0.191 e. The van der Waals surface area contributed by atoms with Gasteiger partial charge in [-0.1, -0.05) is 0 Å². The average molecular weight is 392 g/mol. The lowest BCUT2D eigenvalue weighted by molar-refractivity contribution is 0.491. The van der Waals surface area contributed by atoms with Crippen LogP contribution in [0.1, 0.15) is 45.3 Å². The van der Waals surface area contributed by atoms with Crippen LogP contribution in [-0.2, 0) is 19.5 Å². The summed E-state index contributed by atoms with van der Waals surface area (Å²) < 4.78 is 2.22. The van der Waals surface area contributed by atoms with E-state index in [1.807, 2.05) is 0 Å². The Morgan fingerprint density at radius 1 is 1.30 bits per heavy atom. The van der Waals surface area contributed by atoms with Gasteiger partial charge in [0.25, 0.3) is 0 Å². The van der Waals surface area contributed by atoms with Gasteiger partial charge < -0.3 is 15.2 Å². The normalized spacial score (nSPS) is 15.3. The number of aliphatic imine (C=N–C) groups is 1. The fraction of sp³-hybridized carbons (Fsp3) is 0.769. The van der Waals surface area contributed by atoms with Crippen molar-refractivity contribution in [1.82, 2.24) is 25.4 Å². The van der Waals surface area contributed by atoms with Crippen molar-refractivity contribution < 1.29 is 0 Å². The number of aromatic nitrogens is 3. The van der Waals surface area contributed by atoms with Crippen molar-refractivity contribution in [2.24, 2.45) is 4.99 Å². The maximum atomic E-state index is 4.27. The largest absolute Gasteiger partial charge is 0.352 e. The van der Waals surface area contributed by atoms with E-state index in [0.29, 0.717) is 6.54 Å². The predicted octanol–water partition coefficient (Wildman–Crippen LogP) is 1.70. The Bertz CT molecular complexity index is 460. The van der Waals surface area contributed by atoms with E-state index in [1.165, 1.54) is 12.8 Å². The third-order valence-corrected chi connectivity index (χ3v) is 3.07. The third kappa shape index (κ3) is 4.60. The first-order valence-corrected chi connectivity index (χ1v) is 6.89. The molecule has 0 fully saturated rings. The van der Waals surface area contributed by atoms with Crippen molar-refractivity contribution >= 4 is 29.9 Å². The van der Waals surface area contributed by atoms with Crippen molar-refractivity contribution in [3.8, 4) is 0 Å². The van der Waals surface area contributed by atoms with Crippen LogP contribution in [0, 0.1) is 0 Å². The fourth-order valence-corrected chi connectivity index (χ4v) is 2.20. The van der Waals surface area contributed by atoms with Gasteiger partial charge in [-0.05, 0) is 33.6 Å². The fourth-order valence-electron chi connectivity index (χ4n) is 2.20. The van der Waals surface area contributed by atoms with Gasteiger partial charge in [0, 0.05) is 25.6 Å². The highest BCUT2D eigenvalue weighted by molar-refractivity contribution is 14.0. The van der Waals surface area contributed by atoms with Gasteiger partial charge in [0.05, 0.1) is 6.54 Å². The zero-order valence-electron chi connectivity index (χ0n) is 12.7. The Morgan fingerprint density at radius 2 is 2.05 bits per heavy atom. The van der Waals surface area contributed by atoms with E-state index in [-0.39, 0.29) is 29.5 Å². The van der Waals surface area contributed by atoms with E-state index >= 15 is 0 Å². The molecule has 0 bridgehead atoms. The molecule has 1 aliphatic heterocycles. The van der Waals surface area contributed by atoms with E-state index in [2.05, 4.69) is 51.2 Å². The number of halogens is 1. The molecule has 0 radical (unpaired) electrons. The zero-order chi connectivity index (χ0) is 13.9. The van der Waals surface area contributed by atoms with Gasteiger partial charge in [-0.15, -0.1) is 34.2 Å². The molecule has 0 aromatic carbocycles. The molecule has 0 atom stereocenters. The molecule has 1 aliphatic rings. The lowest BCUT2D eigenvalue weighted by atomic mass is 10.1. The molecular formula is C13H25IN6. The molecule has 1 aromatic rings. The highest BCUT2D eigenvalue weighted by atomic mass is 127. The van der Waals surface area contributed by atoms with Crippen LogP contribution in [0.15, 0.2) is 4.99 Å². The summed E-state index contributed by atoms with van der Waals surface area (Å²) in [5.74, 6) is 2.90. The van der Waals surface area contributed by atoms with Crippen LogP contribution in [-0.4, -0.2) is 33.3 Å². The lowest BCUT2D eigenvalue weighted by Crippen LogP contribution is -2.47. The summed E-state index contributed by atoms with van der Waals surface area (Å²) in [6.07, 6.45) is 3.48. The van der Waals surface area contributed by atoms with E-state index in [4.69, 9.17) is 0 Å². The molecule has 7 heteroatoms. The summed E-state index contributed by atoms with van der Waals surface area (Å²) in [5, 5.41) is 15.1. The molecule has 0 aliphatic carbocycles. The highest BCUT2D eigenvalue weighted by Gasteiger charge is 2.16. The van der Waals surface area contributed by atoms with Gasteiger partial charge in [0.1, 0.15) is 5.82 Å². The Kier molecular flexibility index (Phi) is 6.22. The lowest BCUT2D eigenvalue weighted by Gasteiger charge is -2.23. The first kappa shape index (κ1) is 17.2. The Labute approximate surface area is 137 Å². The molecule has 0 spiro atoms. The van der Waals surface area contributed by atoms with E-state index < -0.39 is 0 Å². The minimum atomic E-state index is -0.00782. The second-order valence-corrected chi connectivity index (χ2v) is 5.94. The minimum Gasteiger partial charge on any atom is -0.352 e. The number of guanidine groups is 1. The summed E-state index contributed by atoms with van der Waals surface area (Å²) in [4.78, 5) is 4.22. The molecule has 20 heavy (non-hydrogen) atoms. The first-order valence-electron chi connectivity index (χ1n) is 6.89. The van der Waals surface area contributed by atoms with Crippen molar-refractivity contribution in [1.29, 1.82) is 0 Å². The molecule has 0 saturated heterocycles. The maximum Gasteiger partial charge on any atom is 0.191 e. The summed E-state index contributed by atoms with van der Waals surface area (Å²) >= 11 is 0. The quantitative estimate of drug-likeness (QED) is 0.457. The number of nitrogens with zero attached hydrogens (tertiary/aromatic N) is 4. The summed E-state index contributed by atoms with van der Waals surface area (Å²) in [5.41, 5.74) is -0.00782. The first-order chi connectivity index (χ1) is 8.99. The van der Waals surface area contributed by atoms with Crippen molar-refractivity contribution in [2.75, 3.05) is 7.05 Å². The number of nitrogens with one attached hydrogen (secondary N) is 2. The molecule has 114 valence electrons. The monoisotopic (exact) mass is 392 g/mol. The van der Waals surface area contributed by atoms with Gasteiger partial charge in [-0.3, -0.25) is 4.99 Å². The van der Waals surface area contributed by atoms with Crippen LogP contribution < -0.4 is 10.6 Å². The molecule has 0 amide bonds. The van der Waals surface area contributed by atoms with Crippen LogP contribution >= 0.6 is 24.0 Å². The van der Waals surface area contributed by atoms with Crippen molar-refractivity contribution in [3.63, 3.8) is 0 Å². The van der Waals surface area contributed by atoms with Gasteiger partial charge in [-0.25, -0.2) is 0 Å². The Balaban J connectivity index is 0.00000200. The maximum absolute atomic E-state index is 4.27. The second kappa shape index (κ2) is 7.24. The Morgan fingerprint density at radius 3 is 2.70 bits per heavy atom. The summed E-state index contributed by atoms with van der Waals surface area (Å²) in [6.45, 7) is 8.02. The standard InChI is InChI=1S/C13H24N6.HI/c1-13(2,3)16-12(14-4)15-9-11-18-17-10-7-5-6-8-19(10)11;/h5-9H2,1-4H3,(H2,14,15,16);1H. The molecule has 1 aromatic heterocycles. The van der Waals surface area contributed by atoms with E-state index in [1.54, 1.807) is 7.05 Å². The van der Waals surface area contributed by atoms with Gasteiger partial charge in [-0.2, -0.15) is 0 Å². The number of hydrogen-bond donors (Lipinski definition) is 2. The predicted molar refractivity (Wildman–Crippen MR) is 91.5 cm³/mol. The average Bonchev–Trinajstić information content (AvgIpc) is 2.76. The number of aryl methyl sites for hydroxylation is 1. The number of hydrogen-bond acceptors (Lipinski definition) is 3. The zero-order valence-corrected chi connectivity index (χ0v) is 15.1. The minimum absolute atomic E-state index is 0. The Hall–Kier alpha value is -0.860. The molecule has 2 heterocycles. The highest BCUT2D eigenvalue weighted by Crippen LogP contribution is 2.13. The van der Waals surface area contributed by atoms with Gasteiger partial charge >= 0.3 is 0 Å². The number of rotatable bonds is 2. The summed E-state index contributed by atoms with van der Waals surface area (Å²) in [7, 11) is 1.78. The molecular weight excluding hydrogens is 367 g/mol. The van der Waals surface area contributed by atoms with Crippen molar-refractivity contribution in [2.45, 2.75) is 58.7 Å².